The summed E-state index contributed by atoms with van der Waals surface area (Å²) in [7, 11) is 0. The van der Waals surface area contributed by atoms with E-state index in [1.807, 2.05) is 42.5 Å². The van der Waals surface area contributed by atoms with Crippen LogP contribution >= 0.6 is 55.2 Å². The Morgan fingerprint density at radius 3 is 2.24 bits per heavy atom. The second-order valence-corrected chi connectivity index (χ2v) is 7.30. The molecule has 1 aromatic heterocycles. The van der Waals surface area contributed by atoms with Gasteiger partial charge in [-0.15, -0.1) is 0 Å². The van der Waals surface area contributed by atoms with Gasteiger partial charge in [-0.1, -0.05) is 41.6 Å². The number of hydrogen-bond acceptors (Lipinski definition) is 2. The van der Waals surface area contributed by atoms with Crippen LogP contribution < -0.4 is 0 Å². The van der Waals surface area contributed by atoms with Gasteiger partial charge in [0, 0.05) is 15.5 Å². The molecule has 0 aliphatic heterocycles. The van der Waals surface area contributed by atoms with Crippen LogP contribution in [-0.2, 0) is 0 Å². The van der Waals surface area contributed by atoms with E-state index in [1.54, 1.807) is 11.8 Å². The van der Waals surface area contributed by atoms with Crippen LogP contribution in [0.2, 0.25) is 5.02 Å². The van der Waals surface area contributed by atoms with Crippen LogP contribution in [0.1, 0.15) is 0 Å². The summed E-state index contributed by atoms with van der Waals surface area (Å²) >= 11 is 14.7. The van der Waals surface area contributed by atoms with E-state index in [-0.39, 0.29) is 0 Å². The van der Waals surface area contributed by atoms with E-state index in [2.05, 4.69) is 44.0 Å². The van der Waals surface area contributed by atoms with Crippen molar-refractivity contribution in [3.05, 3.63) is 68.8 Å². The lowest BCUT2D eigenvalue weighted by molar-refractivity contribution is 0.547. The first-order valence-corrected chi connectivity index (χ1v) is 8.90. The summed E-state index contributed by atoms with van der Waals surface area (Å²) < 4.78 is 7.50. The summed E-state index contributed by atoms with van der Waals surface area (Å²) in [5.41, 5.74) is 0.979. The van der Waals surface area contributed by atoms with Crippen LogP contribution in [-0.4, -0.2) is 0 Å². The zero-order chi connectivity index (χ0) is 14.8. The molecule has 2 aromatic carbocycles. The van der Waals surface area contributed by atoms with Gasteiger partial charge >= 0.3 is 0 Å². The van der Waals surface area contributed by atoms with Gasteiger partial charge in [0.05, 0.1) is 9.37 Å². The Labute approximate surface area is 149 Å². The molecule has 5 heteroatoms. The fraction of sp³-hybridized carbons (Fsp3) is 0. The van der Waals surface area contributed by atoms with Crippen molar-refractivity contribution < 1.29 is 4.42 Å². The predicted octanol–water partition coefficient (Wildman–Crippen LogP) is 7.28. The smallest absolute Gasteiger partial charge is 0.185 e. The standard InChI is InChI=1S/C16H9Br2ClOS/c17-13-14(10-6-8-11(19)9-7-10)20-16(18)15(13)21-12-4-2-1-3-5-12/h1-9H. The summed E-state index contributed by atoms with van der Waals surface area (Å²) in [6.07, 6.45) is 0. The van der Waals surface area contributed by atoms with Gasteiger partial charge < -0.3 is 4.42 Å². The third-order valence-electron chi connectivity index (χ3n) is 2.84. The van der Waals surface area contributed by atoms with E-state index in [0.29, 0.717) is 9.69 Å². The Morgan fingerprint density at radius 2 is 1.57 bits per heavy atom. The van der Waals surface area contributed by atoms with E-state index < -0.39 is 0 Å². The van der Waals surface area contributed by atoms with Crippen molar-refractivity contribution in [2.24, 2.45) is 0 Å². The Balaban J connectivity index is 1.98. The molecule has 0 radical (unpaired) electrons. The van der Waals surface area contributed by atoms with Gasteiger partial charge in [0.2, 0.25) is 0 Å². The molecule has 1 heterocycles. The van der Waals surface area contributed by atoms with Crippen molar-refractivity contribution in [3.63, 3.8) is 0 Å². The highest BCUT2D eigenvalue weighted by molar-refractivity contribution is 9.11. The molecule has 0 unspecified atom stereocenters. The maximum Gasteiger partial charge on any atom is 0.185 e. The molecular formula is C16H9Br2ClOS. The van der Waals surface area contributed by atoms with Crippen LogP contribution in [0.4, 0.5) is 0 Å². The summed E-state index contributed by atoms with van der Waals surface area (Å²) in [5, 5.41) is 0.708. The molecule has 0 saturated heterocycles. The SMILES string of the molecule is Clc1ccc(-c2oc(Br)c(Sc3ccccc3)c2Br)cc1. The largest absolute Gasteiger partial charge is 0.447 e. The minimum Gasteiger partial charge on any atom is -0.447 e. The Hall–Kier alpha value is -0.680. The molecular weight excluding hydrogens is 436 g/mol. The van der Waals surface area contributed by atoms with E-state index in [1.165, 1.54) is 0 Å². The zero-order valence-corrected chi connectivity index (χ0v) is 15.4. The van der Waals surface area contributed by atoms with E-state index in [0.717, 1.165) is 25.6 Å². The third kappa shape index (κ3) is 3.39. The van der Waals surface area contributed by atoms with Gasteiger partial charge in [0.15, 0.2) is 10.4 Å². The lowest BCUT2D eigenvalue weighted by atomic mass is 10.2. The first-order valence-electron chi connectivity index (χ1n) is 6.12. The van der Waals surface area contributed by atoms with Crippen LogP contribution in [0.5, 0.6) is 0 Å². The molecule has 0 atom stereocenters. The first-order chi connectivity index (χ1) is 10.1. The minimum absolute atomic E-state index is 0.708. The fourth-order valence-electron chi connectivity index (χ4n) is 1.85. The highest BCUT2D eigenvalue weighted by atomic mass is 79.9. The number of rotatable bonds is 3. The van der Waals surface area contributed by atoms with Crippen molar-refractivity contribution in [1.82, 2.24) is 0 Å². The molecule has 3 aromatic rings. The lowest BCUT2D eigenvalue weighted by Gasteiger charge is -2.00. The summed E-state index contributed by atoms with van der Waals surface area (Å²) in [5.74, 6) is 0.789. The molecule has 106 valence electrons. The maximum atomic E-state index is 5.93. The Kier molecular flexibility index (Phi) is 4.79. The zero-order valence-electron chi connectivity index (χ0n) is 10.6. The fourth-order valence-corrected chi connectivity index (χ4v) is 4.41. The van der Waals surface area contributed by atoms with Crippen molar-refractivity contribution in [2.75, 3.05) is 0 Å². The lowest BCUT2D eigenvalue weighted by Crippen LogP contribution is -1.75. The van der Waals surface area contributed by atoms with Crippen molar-refractivity contribution in [1.29, 1.82) is 0 Å². The van der Waals surface area contributed by atoms with Crippen LogP contribution in [0.3, 0.4) is 0 Å². The average Bonchev–Trinajstić information content (AvgIpc) is 2.77. The number of hydrogen-bond donors (Lipinski definition) is 0. The molecule has 0 bridgehead atoms. The monoisotopic (exact) mass is 442 g/mol. The summed E-state index contributed by atoms with van der Waals surface area (Å²) in [4.78, 5) is 2.17. The van der Waals surface area contributed by atoms with Crippen molar-refractivity contribution >= 4 is 55.2 Å². The Bertz CT molecular complexity index is 754. The summed E-state index contributed by atoms with van der Waals surface area (Å²) in [6, 6.07) is 17.8. The average molecular weight is 445 g/mol. The number of benzene rings is 2. The minimum atomic E-state index is 0.708. The molecule has 0 amide bonds. The van der Waals surface area contributed by atoms with Gasteiger partial charge in [-0.3, -0.25) is 0 Å². The molecule has 0 N–H and O–H groups in total. The van der Waals surface area contributed by atoms with E-state index in [9.17, 15) is 0 Å². The second-order valence-electron chi connectivity index (χ2n) is 4.27. The van der Waals surface area contributed by atoms with E-state index in [4.69, 9.17) is 16.0 Å². The highest BCUT2D eigenvalue weighted by Gasteiger charge is 2.19. The molecule has 0 aliphatic rings. The normalized spacial score (nSPS) is 10.8. The number of furan rings is 1. The molecule has 0 spiro atoms. The summed E-state index contributed by atoms with van der Waals surface area (Å²) in [6.45, 7) is 0. The van der Waals surface area contributed by atoms with Crippen molar-refractivity contribution in [3.8, 4) is 11.3 Å². The maximum absolute atomic E-state index is 5.93. The third-order valence-corrected chi connectivity index (χ3v) is 6.03. The number of halogens is 3. The van der Waals surface area contributed by atoms with Gasteiger partial charge in [-0.05, 0) is 68.3 Å². The van der Waals surface area contributed by atoms with Crippen LogP contribution in [0.25, 0.3) is 11.3 Å². The van der Waals surface area contributed by atoms with Crippen molar-refractivity contribution in [2.45, 2.75) is 9.79 Å². The molecule has 0 fully saturated rings. The second kappa shape index (κ2) is 6.61. The Morgan fingerprint density at radius 1 is 0.905 bits per heavy atom. The quantitative estimate of drug-likeness (QED) is 0.421. The van der Waals surface area contributed by atoms with Gasteiger partial charge in [0.1, 0.15) is 0 Å². The van der Waals surface area contributed by atoms with Gasteiger partial charge in [-0.25, -0.2) is 0 Å². The van der Waals surface area contributed by atoms with Crippen LogP contribution in [0.15, 0.2) is 77.9 Å². The molecule has 3 rings (SSSR count). The molecule has 0 aliphatic carbocycles. The molecule has 0 saturated carbocycles. The molecule has 21 heavy (non-hydrogen) atoms. The molecule has 1 nitrogen and oxygen atoms in total. The topological polar surface area (TPSA) is 13.1 Å². The predicted molar refractivity (Wildman–Crippen MR) is 95.1 cm³/mol. The van der Waals surface area contributed by atoms with Crippen LogP contribution in [0, 0.1) is 0 Å². The van der Waals surface area contributed by atoms with Gasteiger partial charge in [0.25, 0.3) is 0 Å². The highest BCUT2D eigenvalue weighted by Crippen LogP contribution is 2.46. The first kappa shape index (κ1) is 15.2. The van der Waals surface area contributed by atoms with Gasteiger partial charge in [-0.2, -0.15) is 0 Å². The van der Waals surface area contributed by atoms with E-state index >= 15 is 0 Å².